The fourth-order valence-corrected chi connectivity index (χ4v) is 1.36. The van der Waals surface area contributed by atoms with E-state index in [4.69, 9.17) is 5.26 Å². The van der Waals surface area contributed by atoms with Crippen LogP contribution in [-0.2, 0) is 0 Å². The predicted molar refractivity (Wildman–Crippen MR) is 61.2 cm³/mol. The molecule has 0 unspecified atom stereocenters. The quantitative estimate of drug-likeness (QED) is 0.469. The lowest BCUT2D eigenvalue weighted by molar-refractivity contribution is -0.384. The molecule has 0 aromatic heterocycles. The summed E-state index contributed by atoms with van der Waals surface area (Å²) in [6.45, 7) is 2.67. The first-order chi connectivity index (χ1) is 7.70. The van der Waals surface area contributed by atoms with E-state index in [-0.39, 0.29) is 5.69 Å². The van der Waals surface area contributed by atoms with Crippen molar-refractivity contribution in [2.75, 3.05) is 11.9 Å². The van der Waals surface area contributed by atoms with Gasteiger partial charge in [0.1, 0.15) is 11.8 Å². The molecule has 5 heteroatoms. The van der Waals surface area contributed by atoms with Crippen molar-refractivity contribution in [2.24, 2.45) is 0 Å². The Kier molecular flexibility index (Phi) is 4.28. The summed E-state index contributed by atoms with van der Waals surface area (Å²) in [5, 5.41) is 22.6. The predicted octanol–water partition coefficient (Wildman–Crippen LogP) is 2.68. The van der Waals surface area contributed by atoms with Crippen LogP contribution in [-0.4, -0.2) is 11.5 Å². The number of anilines is 1. The average molecular weight is 219 g/mol. The van der Waals surface area contributed by atoms with Crippen LogP contribution in [0.1, 0.15) is 25.3 Å². The fraction of sp³-hybridized carbons (Fsp3) is 0.364. The number of rotatable bonds is 5. The lowest BCUT2D eigenvalue weighted by atomic mass is 10.1. The Morgan fingerprint density at radius 2 is 2.31 bits per heavy atom. The van der Waals surface area contributed by atoms with Crippen LogP contribution < -0.4 is 5.32 Å². The third-order valence-corrected chi connectivity index (χ3v) is 2.19. The van der Waals surface area contributed by atoms with Gasteiger partial charge in [0.05, 0.1) is 10.5 Å². The van der Waals surface area contributed by atoms with Gasteiger partial charge in [-0.15, -0.1) is 0 Å². The second-order valence-corrected chi connectivity index (χ2v) is 3.35. The summed E-state index contributed by atoms with van der Waals surface area (Å²) >= 11 is 0. The number of nitro benzene ring substituents is 1. The molecule has 0 atom stereocenters. The Morgan fingerprint density at radius 1 is 1.56 bits per heavy atom. The first-order valence-corrected chi connectivity index (χ1v) is 5.12. The van der Waals surface area contributed by atoms with Crippen LogP contribution in [0.15, 0.2) is 18.2 Å². The molecule has 16 heavy (non-hydrogen) atoms. The van der Waals surface area contributed by atoms with E-state index in [0.29, 0.717) is 17.8 Å². The van der Waals surface area contributed by atoms with Gasteiger partial charge in [-0.1, -0.05) is 19.4 Å². The number of nitrogens with one attached hydrogen (secondary N) is 1. The number of nitrogens with zero attached hydrogens (tertiary/aromatic N) is 2. The van der Waals surface area contributed by atoms with Gasteiger partial charge in [0.2, 0.25) is 0 Å². The van der Waals surface area contributed by atoms with E-state index in [1.165, 1.54) is 12.1 Å². The van der Waals surface area contributed by atoms with Crippen molar-refractivity contribution in [3.8, 4) is 6.07 Å². The minimum atomic E-state index is -0.477. The summed E-state index contributed by atoms with van der Waals surface area (Å²) in [5.74, 6) is 0. The van der Waals surface area contributed by atoms with E-state index in [9.17, 15) is 10.1 Å². The SMILES string of the molecule is CCCCNc1c(C#N)cccc1[N+](=O)[O-]. The largest absolute Gasteiger partial charge is 0.378 e. The molecule has 0 spiro atoms. The molecule has 0 bridgehead atoms. The van der Waals surface area contributed by atoms with Crippen molar-refractivity contribution in [3.63, 3.8) is 0 Å². The maximum Gasteiger partial charge on any atom is 0.293 e. The topological polar surface area (TPSA) is 79.0 Å². The molecule has 0 radical (unpaired) electrons. The number of hydrogen-bond acceptors (Lipinski definition) is 4. The van der Waals surface area contributed by atoms with Crippen LogP contribution in [0.2, 0.25) is 0 Å². The van der Waals surface area contributed by atoms with Crippen molar-refractivity contribution < 1.29 is 4.92 Å². The number of benzene rings is 1. The first-order valence-electron chi connectivity index (χ1n) is 5.12. The summed E-state index contributed by atoms with van der Waals surface area (Å²) in [5.41, 5.74) is 0.587. The molecule has 0 aliphatic carbocycles. The van der Waals surface area contributed by atoms with E-state index in [2.05, 4.69) is 5.32 Å². The van der Waals surface area contributed by atoms with Gasteiger partial charge in [0.25, 0.3) is 5.69 Å². The highest BCUT2D eigenvalue weighted by molar-refractivity contribution is 5.69. The van der Waals surface area contributed by atoms with Crippen molar-refractivity contribution in [3.05, 3.63) is 33.9 Å². The zero-order valence-corrected chi connectivity index (χ0v) is 9.06. The molecular weight excluding hydrogens is 206 g/mol. The van der Waals surface area contributed by atoms with Gasteiger partial charge in [0.15, 0.2) is 0 Å². The van der Waals surface area contributed by atoms with Gasteiger partial charge in [-0.05, 0) is 12.5 Å². The van der Waals surface area contributed by atoms with Crippen molar-refractivity contribution >= 4 is 11.4 Å². The second-order valence-electron chi connectivity index (χ2n) is 3.35. The van der Waals surface area contributed by atoms with Crippen LogP contribution in [0, 0.1) is 21.4 Å². The highest BCUT2D eigenvalue weighted by Gasteiger charge is 2.16. The minimum Gasteiger partial charge on any atom is -0.378 e. The second kappa shape index (κ2) is 5.71. The zero-order chi connectivity index (χ0) is 12.0. The smallest absolute Gasteiger partial charge is 0.293 e. The summed E-state index contributed by atoms with van der Waals surface area (Å²) in [6.07, 6.45) is 1.91. The third-order valence-electron chi connectivity index (χ3n) is 2.19. The Balaban J connectivity index is 3.01. The van der Waals surface area contributed by atoms with Gasteiger partial charge in [0, 0.05) is 12.6 Å². The van der Waals surface area contributed by atoms with Crippen molar-refractivity contribution in [1.29, 1.82) is 5.26 Å². The average Bonchev–Trinajstić information content (AvgIpc) is 2.29. The number of nitriles is 1. The zero-order valence-electron chi connectivity index (χ0n) is 9.06. The standard InChI is InChI=1S/C11H13N3O2/c1-2-3-7-13-11-9(8-12)5-4-6-10(11)14(15)16/h4-6,13H,2-3,7H2,1H3. The molecule has 84 valence electrons. The van der Waals surface area contributed by atoms with Gasteiger partial charge < -0.3 is 5.32 Å². The van der Waals surface area contributed by atoms with Crippen LogP contribution in [0.5, 0.6) is 0 Å². The summed E-state index contributed by atoms with van der Waals surface area (Å²) in [4.78, 5) is 10.3. The molecule has 5 nitrogen and oxygen atoms in total. The molecule has 0 saturated carbocycles. The molecule has 1 aromatic rings. The molecule has 1 aromatic carbocycles. The van der Waals surface area contributed by atoms with E-state index < -0.39 is 4.92 Å². The lowest BCUT2D eigenvalue weighted by Gasteiger charge is -2.07. The fourth-order valence-electron chi connectivity index (χ4n) is 1.36. The van der Waals surface area contributed by atoms with Crippen LogP contribution in [0.3, 0.4) is 0 Å². The van der Waals surface area contributed by atoms with E-state index >= 15 is 0 Å². The summed E-state index contributed by atoms with van der Waals surface area (Å²) in [7, 11) is 0. The lowest BCUT2D eigenvalue weighted by Crippen LogP contribution is -2.05. The van der Waals surface area contributed by atoms with E-state index in [1.807, 2.05) is 13.0 Å². The molecule has 1 N–H and O–H groups in total. The van der Waals surface area contributed by atoms with Crippen LogP contribution in [0.4, 0.5) is 11.4 Å². The first kappa shape index (κ1) is 12.0. The number of unbranched alkanes of at least 4 members (excludes halogenated alkanes) is 1. The molecular formula is C11H13N3O2. The maximum absolute atomic E-state index is 10.8. The number of hydrogen-bond donors (Lipinski definition) is 1. The molecule has 0 saturated heterocycles. The molecule has 0 amide bonds. The van der Waals surface area contributed by atoms with Gasteiger partial charge in [-0.3, -0.25) is 10.1 Å². The van der Waals surface area contributed by atoms with E-state index in [0.717, 1.165) is 12.8 Å². The number of nitro groups is 1. The van der Waals surface area contributed by atoms with Gasteiger partial charge in [-0.2, -0.15) is 5.26 Å². The van der Waals surface area contributed by atoms with Gasteiger partial charge in [-0.25, -0.2) is 0 Å². The summed E-state index contributed by atoms with van der Waals surface area (Å²) < 4.78 is 0. The Labute approximate surface area is 93.9 Å². The molecule has 0 aliphatic heterocycles. The van der Waals surface area contributed by atoms with Crippen molar-refractivity contribution in [2.45, 2.75) is 19.8 Å². The summed E-state index contributed by atoms with van der Waals surface area (Å²) in [6, 6.07) is 6.44. The number of para-hydroxylation sites is 1. The molecule has 1 rings (SSSR count). The Bertz CT molecular complexity index is 424. The van der Waals surface area contributed by atoms with E-state index in [1.54, 1.807) is 6.07 Å². The molecule has 0 aliphatic rings. The van der Waals surface area contributed by atoms with Crippen LogP contribution >= 0.6 is 0 Å². The highest BCUT2D eigenvalue weighted by Crippen LogP contribution is 2.27. The van der Waals surface area contributed by atoms with Crippen molar-refractivity contribution in [1.82, 2.24) is 0 Å². The highest BCUT2D eigenvalue weighted by atomic mass is 16.6. The third kappa shape index (κ3) is 2.70. The maximum atomic E-state index is 10.8. The van der Waals surface area contributed by atoms with Gasteiger partial charge >= 0.3 is 0 Å². The normalized spacial score (nSPS) is 9.50. The van der Waals surface area contributed by atoms with Crippen LogP contribution in [0.25, 0.3) is 0 Å². The Hall–Kier alpha value is -2.09. The molecule has 0 fully saturated rings. The Morgan fingerprint density at radius 3 is 2.88 bits per heavy atom. The monoisotopic (exact) mass is 219 g/mol. The minimum absolute atomic E-state index is 0.0462. The molecule has 0 heterocycles.